The molecule has 1 aliphatic rings. The van der Waals surface area contributed by atoms with E-state index < -0.39 is 0 Å². The first-order chi connectivity index (χ1) is 11.1. The van der Waals surface area contributed by atoms with Crippen LogP contribution in [0.5, 0.6) is 5.75 Å². The first-order valence-electron chi connectivity index (χ1n) is 8.11. The number of ketones is 1. The van der Waals surface area contributed by atoms with Crippen molar-refractivity contribution in [2.45, 2.75) is 26.7 Å². The van der Waals surface area contributed by atoms with Crippen LogP contribution in [0.1, 0.15) is 46.8 Å². The highest BCUT2D eigenvalue weighted by molar-refractivity contribution is 6.06. The predicted octanol–water partition coefficient (Wildman–Crippen LogP) is 4.91. The van der Waals surface area contributed by atoms with Crippen molar-refractivity contribution in [3.63, 3.8) is 0 Å². The van der Waals surface area contributed by atoms with Crippen LogP contribution in [-0.4, -0.2) is 12.4 Å². The second-order valence-electron chi connectivity index (χ2n) is 6.09. The van der Waals surface area contributed by atoms with Gasteiger partial charge in [0.15, 0.2) is 5.78 Å². The van der Waals surface area contributed by atoms with E-state index in [-0.39, 0.29) is 17.6 Å². The maximum absolute atomic E-state index is 12.9. The fraction of sp³-hybridized carbons (Fsp3) is 0.286. The molecular weight excluding hydrogens is 284 g/mol. The summed E-state index contributed by atoms with van der Waals surface area (Å²) in [6.45, 7) is 6.55. The molecule has 0 bridgehead atoms. The van der Waals surface area contributed by atoms with Crippen LogP contribution in [0, 0.1) is 12.8 Å². The number of allylic oxidation sites excluding steroid dienone is 1. The van der Waals surface area contributed by atoms with Crippen LogP contribution < -0.4 is 4.74 Å². The Balaban J connectivity index is 2.10. The standard InChI is InChI=1S/C21H22O2/c1-4-5-13-23-17-12-11-14(2)18-19(15(3)21(22)20(17)18)16-9-7-6-8-10-16/h4-12,15,19H,13H2,1-3H3/b5-4+. The van der Waals surface area contributed by atoms with Crippen molar-refractivity contribution in [3.05, 3.63) is 76.9 Å². The molecule has 2 nitrogen and oxygen atoms in total. The zero-order valence-corrected chi connectivity index (χ0v) is 13.9. The Morgan fingerprint density at radius 2 is 1.87 bits per heavy atom. The van der Waals surface area contributed by atoms with Crippen LogP contribution in [0.3, 0.4) is 0 Å². The highest BCUT2D eigenvalue weighted by atomic mass is 16.5. The molecule has 2 aromatic rings. The van der Waals surface area contributed by atoms with Crippen molar-refractivity contribution < 1.29 is 9.53 Å². The molecule has 23 heavy (non-hydrogen) atoms. The van der Waals surface area contributed by atoms with Crippen LogP contribution in [0.15, 0.2) is 54.6 Å². The summed E-state index contributed by atoms with van der Waals surface area (Å²) in [5.74, 6) is 0.952. The third-order valence-electron chi connectivity index (χ3n) is 4.63. The molecule has 2 atom stereocenters. The third-order valence-corrected chi connectivity index (χ3v) is 4.63. The Kier molecular flexibility index (Phi) is 4.33. The number of hydrogen-bond donors (Lipinski definition) is 0. The quantitative estimate of drug-likeness (QED) is 0.750. The lowest BCUT2D eigenvalue weighted by Crippen LogP contribution is -2.11. The van der Waals surface area contributed by atoms with Gasteiger partial charge in [0.1, 0.15) is 12.4 Å². The van der Waals surface area contributed by atoms with E-state index in [2.05, 4.69) is 25.1 Å². The molecule has 0 N–H and O–H groups in total. The Morgan fingerprint density at radius 3 is 2.57 bits per heavy atom. The SMILES string of the molecule is C/C=C/COc1ccc(C)c2c1C(=O)C(C)C2c1ccccc1. The van der Waals surface area contributed by atoms with E-state index in [1.807, 2.05) is 50.3 Å². The minimum Gasteiger partial charge on any atom is -0.489 e. The summed E-state index contributed by atoms with van der Waals surface area (Å²) in [4.78, 5) is 12.9. The number of ether oxygens (including phenoxy) is 1. The summed E-state index contributed by atoms with van der Waals surface area (Å²) < 4.78 is 5.84. The molecule has 2 aromatic carbocycles. The number of fused-ring (bicyclic) bond motifs is 1. The molecule has 0 fully saturated rings. The van der Waals surface area contributed by atoms with E-state index in [1.54, 1.807) is 0 Å². The lowest BCUT2D eigenvalue weighted by atomic mass is 9.85. The molecule has 0 spiro atoms. The molecule has 2 heteroatoms. The van der Waals surface area contributed by atoms with E-state index in [9.17, 15) is 4.79 Å². The highest BCUT2D eigenvalue weighted by Crippen LogP contribution is 2.47. The molecule has 0 amide bonds. The van der Waals surface area contributed by atoms with Gasteiger partial charge in [-0.25, -0.2) is 0 Å². The van der Waals surface area contributed by atoms with Gasteiger partial charge in [0.25, 0.3) is 0 Å². The molecule has 0 aromatic heterocycles. The van der Waals surface area contributed by atoms with E-state index in [0.717, 1.165) is 16.7 Å². The topological polar surface area (TPSA) is 26.3 Å². The fourth-order valence-electron chi connectivity index (χ4n) is 3.46. The smallest absolute Gasteiger partial charge is 0.170 e. The lowest BCUT2D eigenvalue weighted by molar-refractivity contribution is 0.0936. The molecule has 118 valence electrons. The van der Waals surface area contributed by atoms with Gasteiger partial charge in [-0.1, -0.05) is 55.5 Å². The molecule has 2 unspecified atom stereocenters. The van der Waals surface area contributed by atoms with Crippen molar-refractivity contribution in [2.75, 3.05) is 6.61 Å². The fourth-order valence-corrected chi connectivity index (χ4v) is 3.46. The average molecular weight is 306 g/mol. The molecule has 0 saturated carbocycles. The Morgan fingerprint density at radius 1 is 1.13 bits per heavy atom. The van der Waals surface area contributed by atoms with Crippen molar-refractivity contribution in [1.29, 1.82) is 0 Å². The van der Waals surface area contributed by atoms with Crippen molar-refractivity contribution in [2.24, 2.45) is 5.92 Å². The molecule has 0 aliphatic heterocycles. The van der Waals surface area contributed by atoms with E-state index >= 15 is 0 Å². The van der Waals surface area contributed by atoms with Crippen molar-refractivity contribution in [3.8, 4) is 5.75 Å². The van der Waals surface area contributed by atoms with Gasteiger partial charge in [-0.3, -0.25) is 4.79 Å². The minimum absolute atomic E-state index is 0.0578. The Bertz CT molecular complexity index is 744. The normalized spacial score (nSPS) is 20.0. The van der Waals surface area contributed by atoms with E-state index in [1.165, 1.54) is 5.56 Å². The summed E-state index contributed by atoms with van der Waals surface area (Å²) in [6, 6.07) is 14.3. The molecule has 0 radical (unpaired) electrons. The van der Waals surface area contributed by atoms with Gasteiger partial charge in [0, 0.05) is 11.8 Å². The highest BCUT2D eigenvalue weighted by Gasteiger charge is 2.40. The summed E-state index contributed by atoms with van der Waals surface area (Å²) >= 11 is 0. The number of Topliss-reactive ketones (excluding diaryl/α,β-unsaturated/α-hetero) is 1. The van der Waals surface area contributed by atoms with E-state index in [4.69, 9.17) is 4.74 Å². The monoisotopic (exact) mass is 306 g/mol. The van der Waals surface area contributed by atoms with Crippen LogP contribution in [-0.2, 0) is 0 Å². The third kappa shape index (κ3) is 2.70. The zero-order valence-electron chi connectivity index (χ0n) is 13.9. The zero-order chi connectivity index (χ0) is 16.4. The predicted molar refractivity (Wildman–Crippen MR) is 93.3 cm³/mol. The van der Waals surface area contributed by atoms with Gasteiger partial charge in [0.05, 0.1) is 5.56 Å². The number of carbonyl (C=O) groups is 1. The van der Waals surface area contributed by atoms with Crippen LogP contribution in [0.2, 0.25) is 0 Å². The van der Waals surface area contributed by atoms with Crippen molar-refractivity contribution >= 4 is 5.78 Å². The average Bonchev–Trinajstić information content (AvgIpc) is 2.84. The van der Waals surface area contributed by atoms with Crippen molar-refractivity contribution in [1.82, 2.24) is 0 Å². The number of hydrogen-bond acceptors (Lipinski definition) is 2. The maximum Gasteiger partial charge on any atom is 0.170 e. The first-order valence-corrected chi connectivity index (χ1v) is 8.11. The van der Waals surface area contributed by atoms with Gasteiger partial charge in [0.2, 0.25) is 0 Å². The summed E-state index contributed by atoms with van der Waals surface area (Å²) in [6.07, 6.45) is 3.90. The molecular formula is C21H22O2. The van der Waals surface area contributed by atoms with Crippen LogP contribution >= 0.6 is 0 Å². The molecule has 0 saturated heterocycles. The second kappa shape index (κ2) is 6.41. The number of aryl methyl sites for hydroxylation is 1. The van der Waals surface area contributed by atoms with E-state index in [0.29, 0.717) is 12.4 Å². The van der Waals surface area contributed by atoms with Gasteiger partial charge >= 0.3 is 0 Å². The Labute approximate surface area is 137 Å². The number of carbonyl (C=O) groups excluding carboxylic acids is 1. The van der Waals surface area contributed by atoms with Gasteiger partial charge in [-0.15, -0.1) is 0 Å². The Hall–Kier alpha value is -2.35. The van der Waals surface area contributed by atoms with Gasteiger partial charge < -0.3 is 4.74 Å². The first kappa shape index (κ1) is 15.5. The van der Waals surface area contributed by atoms with Crippen LogP contribution in [0.4, 0.5) is 0 Å². The molecule has 0 heterocycles. The minimum atomic E-state index is -0.0578. The summed E-state index contributed by atoms with van der Waals surface area (Å²) in [5.41, 5.74) is 4.26. The molecule has 1 aliphatic carbocycles. The number of rotatable bonds is 4. The lowest BCUT2D eigenvalue weighted by Gasteiger charge is -2.18. The van der Waals surface area contributed by atoms with Gasteiger partial charge in [-0.2, -0.15) is 0 Å². The largest absolute Gasteiger partial charge is 0.489 e. The molecule has 3 rings (SSSR count). The maximum atomic E-state index is 12.9. The summed E-state index contributed by atoms with van der Waals surface area (Å²) in [7, 11) is 0. The van der Waals surface area contributed by atoms with Gasteiger partial charge in [-0.05, 0) is 36.6 Å². The number of benzene rings is 2. The van der Waals surface area contributed by atoms with Crippen LogP contribution in [0.25, 0.3) is 0 Å². The summed E-state index contributed by atoms with van der Waals surface area (Å²) in [5, 5.41) is 0. The second-order valence-corrected chi connectivity index (χ2v) is 6.09.